The molecule has 2 aromatic carbocycles. The highest BCUT2D eigenvalue weighted by Crippen LogP contribution is 2.38. The molecule has 86 valence electrons. The van der Waals surface area contributed by atoms with E-state index in [1.165, 1.54) is 11.1 Å². The Labute approximate surface area is 114 Å². The van der Waals surface area contributed by atoms with Gasteiger partial charge in [0.05, 0.1) is 6.04 Å². The summed E-state index contributed by atoms with van der Waals surface area (Å²) < 4.78 is 1.11. The van der Waals surface area contributed by atoms with Crippen molar-refractivity contribution in [2.24, 2.45) is 0 Å². The van der Waals surface area contributed by atoms with Gasteiger partial charge in [-0.15, -0.1) is 0 Å². The zero-order valence-electron chi connectivity index (χ0n) is 9.08. The van der Waals surface area contributed by atoms with E-state index < -0.39 is 0 Å². The van der Waals surface area contributed by atoms with Crippen LogP contribution >= 0.6 is 27.5 Å². The van der Waals surface area contributed by atoms with Crippen molar-refractivity contribution in [3.63, 3.8) is 0 Å². The van der Waals surface area contributed by atoms with Gasteiger partial charge in [0.15, 0.2) is 0 Å². The second-order valence-electron chi connectivity index (χ2n) is 4.22. The van der Waals surface area contributed by atoms with Crippen LogP contribution in [0.2, 0.25) is 5.02 Å². The number of halogens is 2. The van der Waals surface area contributed by atoms with E-state index in [4.69, 9.17) is 11.6 Å². The summed E-state index contributed by atoms with van der Waals surface area (Å²) in [7, 11) is 0. The maximum atomic E-state index is 6.20. The van der Waals surface area contributed by atoms with Gasteiger partial charge in [-0.25, -0.2) is 0 Å². The van der Waals surface area contributed by atoms with Crippen LogP contribution in [0.1, 0.15) is 17.2 Å². The Bertz CT molecular complexity index is 551. The Morgan fingerprint density at radius 2 is 1.88 bits per heavy atom. The highest BCUT2D eigenvalue weighted by atomic mass is 79.9. The van der Waals surface area contributed by atoms with Gasteiger partial charge in [0, 0.05) is 21.6 Å². The van der Waals surface area contributed by atoms with Gasteiger partial charge < -0.3 is 5.32 Å². The molecule has 0 fully saturated rings. The molecule has 3 rings (SSSR count). The summed E-state index contributed by atoms with van der Waals surface area (Å²) in [5.41, 5.74) is 3.67. The first-order chi connectivity index (χ1) is 8.24. The lowest BCUT2D eigenvalue weighted by molar-refractivity contribution is 0.824. The molecule has 0 aliphatic carbocycles. The molecular weight excluding hydrogens is 298 g/mol. The van der Waals surface area contributed by atoms with E-state index >= 15 is 0 Å². The second kappa shape index (κ2) is 4.35. The maximum Gasteiger partial charge on any atom is 0.0555 e. The fourth-order valence-electron chi connectivity index (χ4n) is 2.24. The third kappa shape index (κ3) is 2.07. The van der Waals surface area contributed by atoms with E-state index in [9.17, 15) is 0 Å². The lowest BCUT2D eigenvalue weighted by atomic mass is 10.0. The summed E-state index contributed by atoms with van der Waals surface area (Å²) in [5, 5.41) is 4.37. The van der Waals surface area contributed by atoms with Gasteiger partial charge >= 0.3 is 0 Å². The van der Waals surface area contributed by atoms with Crippen LogP contribution in [0.15, 0.2) is 46.9 Å². The van der Waals surface area contributed by atoms with Gasteiger partial charge in [0.2, 0.25) is 0 Å². The minimum atomic E-state index is 0.331. The Balaban J connectivity index is 1.91. The Morgan fingerprint density at radius 3 is 2.59 bits per heavy atom. The second-order valence-corrected chi connectivity index (χ2v) is 5.54. The van der Waals surface area contributed by atoms with Gasteiger partial charge in [-0.1, -0.05) is 45.7 Å². The highest BCUT2D eigenvalue weighted by molar-refractivity contribution is 9.10. The van der Waals surface area contributed by atoms with Crippen molar-refractivity contribution >= 4 is 33.2 Å². The number of anilines is 1. The van der Waals surface area contributed by atoms with E-state index in [2.05, 4.69) is 51.6 Å². The van der Waals surface area contributed by atoms with E-state index in [0.717, 1.165) is 21.6 Å². The first-order valence-corrected chi connectivity index (χ1v) is 6.70. The molecule has 0 spiro atoms. The molecule has 1 aliphatic rings. The van der Waals surface area contributed by atoms with Gasteiger partial charge in [-0.05, 0) is 35.4 Å². The minimum absolute atomic E-state index is 0.331. The molecule has 2 aromatic rings. The molecule has 1 N–H and O–H groups in total. The van der Waals surface area contributed by atoms with E-state index in [-0.39, 0.29) is 0 Å². The molecule has 1 heterocycles. The van der Waals surface area contributed by atoms with Gasteiger partial charge in [-0.2, -0.15) is 0 Å². The molecule has 17 heavy (non-hydrogen) atoms. The fraction of sp³-hybridized carbons (Fsp3) is 0.143. The van der Waals surface area contributed by atoms with Crippen LogP contribution < -0.4 is 5.32 Å². The standard InChI is InChI=1S/C14H11BrClN/c15-10-6-4-9(5-7-10)14-8-11-12(16)2-1-3-13(11)17-14/h1-7,14,17H,8H2. The third-order valence-electron chi connectivity index (χ3n) is 3.13. The number of fused-ring (bicyclic) bond motifs is 1. The molecule has 1 aliphatic heterocycles. The number of rotatable bonds is 1. The highest BCUT2D eigenvalue weighted by Gasteiger charge is 2.23. The summed E-state index contributed by atoms with van der Waals surface area (Å²) >= 11 is 9.65. The molecule has 0 bridgehead atoms. The van der Waals surface area contributed by atoms with Crippen molar-refractivity contribution < 1.29 is 0 Å². The number of nitrogens with one attached hydrogen (secondary N) is 1. The number of hydrogen-bond donors (Lipinski definition) is 1. The lowest BCUT2D eigenvalue weighted by Gasteiger charge is -2.11. The van der Waals surface area contributed by atoms with Crippen LogP contribution in [0.4, 0.5) is 5.69 Å². The maximum absolute atomic E-state index is 6.20. The van der Waals surface area contributed by atoms with Crippen molar-refractivity contribution in [1.29, 1.82) is 0 Å². The Morgan fingerprint density at radius 1 is 1.12 bits per heavy atom. The monoisotopic (exact) mass is 307 g/mol. The van der Waals surface area contributed by atoms with Gasteiger partial charge in [0.25, 0.3) is 0 Å². The van der Waals surface area contributed by atoms with Crippen molar-refractivity contribution in [2.75, 3.05) is 5.32 Å². The summed E-state index contributed by atoms with van der Waals surface area (Å²) in [6.45, 7) is 0. The average molecular weight is 309 g/mol. The SMILES string of the molecule is Clc1cccc2c1CC(c1ccc(Br)cc1)N2. The van der Waals surface area contributed by atoms with Crippen LogP contribution in [0.25, 0.3) is 0 Å². The minimum Gasteiger partial charge on any atom is -0.378 e. The predicted molar refractivity (Wildman–Crippen MR) is 75.7 cm³/mol. The first-order valence-electron chi connectivity index (χ1n) is 5.53. The third-order valence-corrected chi connectivity index (χ3v) is 4.01. The molecule has 3 heteroatoms. The largest absolute Gasteiger partial charge is 0.378 e. The summed E-state index contributed by atoms with van der Waals surface area (Å²) in [5.74, 6) is 0. The molecule has 0 radical (unpaired) electrons. The number of hydrogen-bond acceptors (Lipinski definition) is 1. The molecule has 1 unspecified atom stereocenters. The molecular formula is C14H11BrClN. The van der Waals surface area contributed by atoms with Crippen LogP contribution in [0, 0.1) is 0 Å². The van der Waals surface area contributed by atoms with Crippen molar-refractivity contribution in [3.05, 3.63) is 63.1 Å². The zero-order chi connectivity index (χ0) is 11.8. The summed E-state index contributed by atoms with van der Waals surface area (Å²) in [4.78, 5) is 0. The van der Waals surface area contributed by atoms with Crippen molar-refractivity contribution in [2.45, 2.75) is 12.5 Å². The molecule has 0 saturated carbocycles. The fourth-order valence-corrected chi connectivity index (χ4v) is 2.76. The van der Waals surface area contributed by atoms with E-state index in [1.54, 1.807) is 0 Å². The predicted octanol–water partition coefficient (Wildman–Crippen LogP) is 4.81. The van der Waals surface area contributed by atoms with Crippen molar-refractivity contribution in [1.82, 2.24) is 0 Å². The molecule has 0 saturated heterocycles. The molecule has 1 atom stereocenters. The quantitative estimate of drug-likeness (QED) is 0.797. The summed E-state index contributed by atoms with van der Waals surface area (Å²) in [6.07, 6.45) is 0.955. The van der Waals surface area contributed by atoms with Crippen LogP contribution in [-0.4, -0.2) is 0 Å². The molecule has 0 amide bonds. The van der Waals surface area contributed by atoms with Crippen LogP contribution in [-0.2, 0) is 6.42 Å². The molecule has 1 nitrogen and oxygen atoms in total. The van der Waals surface area contributed by atoms with E-state index in [0.29, 0.717) is 6.04 Å². The van der Waals surface area contributed by atoms with Gasteiger partial charge in [-0.3, -0.25) is 0 Å². The topological polar surface area (TPSA) is 12.0 Å². The normalized spacial score (nSPS) is 17.6. The lowest BCUT2D eigenvalue weighted by Crippen LogP contribution is -2.05. The van der Waals surface area contributed by atoms with E-state index in [1.807, 2.05) is 12.1 Å². The van der Waals surface area contributed by atoms with Crippen molar-refractivity contribution in [3.8, 4) is 0 Å². The Hall–Kier alpha value is -0.990. The summed E-state index contributed by atoms with van der Waals surface area (Å²) in [6, 6.07) is 14.8. The smallest absolute Gasteiger partial charge is 0.0555 e. The Kier molecular flexibility index (Phi) is 2.85. The van der Waals surface area contributed by atoms with Crippen LogP contribution in [0.5, 0.6) is 0 Å². The number of benzene rings is 2. The zero-order valence-corrected chi connectivity index (χ0v) is 11.4. The first kappa shape index (κ1) is 11.1. The molecule has 0 aromatic heterocycles. The van der Waals surface area contributed by atoms with Gasteiger partial charge in [0.1, 0.15) is 0 Å². The van der Waals surface area contributed by atoms with Crippen LogP contribution in [0.3, 0.4) is 0 Å². The average Bonchev–Trinajstić information content (AvgIpc) is 2.75.